The zero-order valence-corrected chi connectivity index (χ0v) is 18.0. The lowest BCUT2D eigenvalue weighted by atomic mass is 10.0. The van der Waals surface area contributed by atoms with Gasteiger partial charge < -0.3 is 4.98 Å². The molecule has 0 fully saturated rings. The summed E-state index contributed by atoms with van der Waals surface area (Å²) in [7, 11) is 0. The minimum absolute atomic E-state index is 0.210. The van der Waals surface area contributed by atoms with Crippen molar-refractivity contribution in [2.75, 3.05) is 0 Å². The predicted octanol–water partition coefficient (Wildman–Crippen LogP) is 5.28. The molecule has 2 aromatic heterocycles. The second-order valence-electron chi connectivity index (χ2n) is 6.98. The van der Waals surface area contributed by atoms with Gasteiger partial charge in [0.25, 0.3) is 5.56 Å². The molecular formula is C23H16ClN5OS. The van der Waals surface area contributed by atoms with Crippen molar-refractivity contribution in [2.45, 2.75) is 17.0 Å². The van der Waals surface area contributed by atoms with E-state index in [1.54, 1.807) is 10.7 Å². The van der Waals surface area contributed by atoms with E-state index in [1.165, 1.54) is 11.8 Å². The van der Waals surface area contributed by atoms with Crippen molar-refractivity contribution in [3.05, 3.63) is 93.7 Å². The number of rotatable bonds is 4. The lowest BCUT2D eigenvalue weighted by molar-refractivity contribution is 0.752. The average Bonchev–Trinajstić information content (AvgIpc) is 3.23. The van der Waals surface area contributed by atoms with Crippen molar-refractivity contribution in [3.8, 4) is 16.8 Å². The van der Waals surface area contributed by atoms with Crippen LogP contribution in [0.5, 0.6) is 0 Å². The highest BCUT2D eigenvalue weighted by Crippen LogP contribution is 2.38. The van der Waals surface area contributed by atoms with Crippen LogP contribution in [0, 0.1) is 6.92 Å². The van der Waals surface area contributed by atoms with Crippen molar-refractivity contribution >= 4 is 34.3 Å². The smallest absolute Gasteiger partial charge is 0.263 e. The number of halogens is 1. The quantitative estimate of drug-likeness (QED) is 0.407. The Labute approximate surface area is 186 Å². The number of para-hydroxylation sites is 1. The van der Waals surface area contributed by atoms with Crippen LogP contribution in [0.4, 0.5) is 0 Å². The van der Waals surface area contributed by atoms with E-state index in [-0.39, 0.29) is 5.56 Å². The molecule has 3 aromatic carbocycles. The van der Waals surface area contributed by atoms with Crippen LogP contribution in [-0.4, -0.2) is 25.2 Å². The van der Waals surface area contributed by atoms with Gasteiger partial charge in [-0.1, -0.05) is 60.1 Å². The van der Waals surface area contributed by atoms with Gasteiger partial charge in [-0.05, 0) is 64.5 Å². The topological polar surface area (TPSA) is 76.5 Å². The Kier molecular flexibility index (Phi) is 5.05. The maximum Gasteiger partial charge on any atom is 0.263 e. The van der Waals surface area contributed by atoms with E-state index in [0.717, 1.165) is 33.3 Å². The Morgan fingerprint density at radius 1 is 1.00 bits per heavy atom. The van der Waals surface area contributed by atoms with Crippen molar-refractivity contribution in [2.24, 2.45) is 0 Å². The summed E-state index contributed by atoms with van der Waals surface area (Å²) in [5.74, 6) is 0. The summed E-state index contributed by atoms with van der Waals surface area (Å²) in [6.45, 7) is 1.99. The summed E-state index contributed by atoms with van der Waals surface area (Å²) in [5.41, 5.74) is 4.11. The fourth-order valence-corrected chi connectivity index (χ4v) is 4.65. The molecule has 0 aliphatic rings. The molecule has 31 heavy (non-hydrogen) atoms. The van der Waals surface area contributed by atoms with Gasteiger partial charge in [-0.3, -0.25) is 4.79 Å². The second kappa shape index (κ2) is 8.02. The molecule has 0 aliphatic carbocycles. The van der Waals surface area contributed by atoms with E-state index in [0.29, 0.717) is 15.1 Å². The van der Waals surface area contributed by atoms with Crippen molar-refractivity contribution in [1.82, 2.24) is 25.2 Å². The highest BCUT2D eigenvalue weighted by molar-refractivity contribution is 7.99. The molecule has 0 bridgehead atoms. The van der Waals surface area contributed by atoms with Gasteiger partial charge in [0.05, 0.1) is 10.6 Å². The Balaban J connectivity index is 1.74. The van der Waals surface area contributed by atoms with Gasteiger partial charge in [0.2, 0.25) is 5.16 Å². The number of nitrogens with zero attached hydrogens (tertiary/aromatic N) is 4. The first-order chi connectivity index (χ1) is 15.1. The van der Waals surface area contributed by atoms with Crippen LogP contribution in [-0.2, 0) is 0 Å². The Morgan fingerprint density at radius 3 is 2.58 bits per heavy atom. The van der Waals surface area contributed by atoms with Gasteiger partial charge in [0.1, 0.15) is 0 Å². The molecule has 0 unspecified atom stereocenters. The monoisotopic (exact) mass is 445 g/mol. The van der Waals surface area contributed by atoms with Crippen molar-refractivity contribution in [1.29, 1.82) is 0 Å². The normalized spacial score (nSPS) is 11.2. The number of hydrogen-bond acceptors (Lipinski definition) is 5. The average molecular weight is 446 g/mol. The molecule has 2 heterocycles. The number of aromatic amines is 1. The predicted molar refractivity (Wildman–Crippen MR) is 123 cm³/mol. The zero-order chi connectivity index (χ0) is 21.4. The number of aryl methyl sites for hydroxylation is 1. The van der Waals surface area contributed by atoms with E-state index in [2.05, 4.69) is 20.5 Å². The highest BCUT2D eigenvalue weighted by Gasteiger charge is 2.20. The third-order valence-corrected chi connectivity index (χ3v) is 6.24. The van der Waals surface area contributed by atoms with E-state index < -0.39 is 0 Å². The second-order valence-corrected chi connectivity index (χ2v) is 8.39. The number of benzene rings is 3. The molecule has 0 amide bonds. The molecule has 5 rings (SSSR count). The SMILES string of the molecule is Cc1ccccc1-n1nnnc1Sc1c(-c2ccccc2)c2cc(Cl)ccc2[nH]c1=O. The standard InChI is InChI=1S/C23H16ClN5OS/c1-14-7-5-6-10-19(14)29-23(26-27-28-29)31-21-20(15-8-3-2-4-9-15)17-13-16(24)11-12-18(17)25-22(21)30/h2-13H,1H3,(H,25,30). The molecule has 5 aromatic rings. The first-order valence-corrected chi connectivity index (χ1v) is 10.7. The van der Waals surface area contributed by atoms with Crippen LogP contribution in [0.15, 0.2) is 87.6 Å². The summed E-state index contributed by atoms with van der Waals surface area (Å²) in [4.78, 5) is 16.6. The zero-order valence-electron chi connectivity index (χ0n) is 16.4. The van der Waals surface area contributed by atoms with Gasteiger partial charge in [-0.15, -0.1) is 5.10 Å². The Morgan fingerprint density at radius 2 is 1.77 bits per heavy atom. The lowest BCUT2D eigenvalue weighted by Crippen LogP contribution is -2.11. The van der Waals surface area contributed by atoms with E-state index in [1.807, 2.05) is 73.7 Å². The van der Waals surface area contributed by atoms with Gasteiger partial charge in [-0.2, -0.15) is 4.68 Å². The maximum atomic E-state index is 13.2. The largest absolute Gasteiger partial charge is 0.321 e. The van der Waals surface area contributed by atoms with Gasteiger partial charge in [0, 0.05) is 21.5 Å². The molecule has 152 valence electrons. The molecule has 0 radical (unpaired) electrons. The van der Waals surface area contributed by atoms with Gasteiger partial charge >= 0.3 is 0 Å². The van der Waals surface area contributed by atoms with Crippen molar-refractivity contribution < 1.29 is 0 Å². The molecule has 1 N–H and O–H groups in total. The molecular weight excluding hydrogens is 430 g/mol. The summed E-state index contributed by atoms with van der Waals surface area (Å²) < 4.78 is 1.65. The molecule has 0 saturated carbocycles. The maximum absolute atomic E-state index is 13.2. The number of aromatic nitrogens is 5. The summed E-state index contributed by atoms with van der Waals surface area (Å²) in [6.07, 6.45) is 0. The molecule has 0 saturated heterocycles. The fourth-order valence-electron chi connectivity index (χ4n) is 3.52. The minimum Gasteiger partial charge on any atom is -0.321 e. The van der Waals surface area contributed by atoms with E-state index in [4.69, 9.17) is 11.6 Å². The number of H-pyrrole nitrogens is 1. The summed E-state index contributed by atoms with van der Waals surface area (Å²) in [6, 6.07) is 23.0. The Bertz CT molecular complexity index is 1460. The Hall–Kier alpha value is -3.42. The molecule has 0 aliphatic heterocycles. The van der Waals surface area contributed by atoms with Crippen LogP contribution in [0.25, 0.3) is 27.7 Å². The number of nitrogens with one attached hydrogen (secondary N) is 1. The van der Waals surface area contributed by atoms with Crippen molar-refractivity contribution in [3.63, 3.8) is 0 Å². The number of hydrogen-bond donors (Lipinski definition) is 1. The summed E-state index contributed by atoms with van der Waals surface area (Å²) in [5, 5.41) is 14.1. The number of fused-ring (bicyclic) bond motifs is 1. The molecule has 6 nitrogen and oxygen atoms in total. The van der Waals surface area contributed by atoms with Crippen LogP contribution >= 0.6 is 23.4 Å². The fraction of sp³-hybridized carbons (Fsp3) is 0.0435. The van der Waals surface area contributed by atoms with Crippen LogP contribution in [0.1, 0.15) is 5.56 Å². The highest BCUT2D eigenvalue weighted by atomic mass is 35.5. The third-order valence-electron chi connectivity index (χ3n) is 4.97. The van der Waals surface area contributed by atoms with Gasteiger partial charge in [-0.25, -0.2) is 0 Å². The van der Waals surface area contributed by atoms with E-state index >= 15 is 0 Å². The minimum atomic E-state index is -0.210. The summed E-state index contributed by atoms with van der Waals surface area (Å²) >= 11 is 7.53. The van der Waals surface area contributed by atoms with Crippen LogP contribution in [0.2, 0.25) is 5.02 Å². The van der Waals surface area contributed by atoms with E-state index in [9.17, 15) is 4.79 Å². The molecule has 0 spiro atoms. The number of tetrazole rings is 1. The molecule has 8 heteroatoms. The van der Waals surface area contributed by atoms with Crippen LogP contribution in [0.3, 0.4) is 0 Å². The first-order valence-electron chi connectivity index (χ1n) is 9.55. The third kappa shape index (κ3) is 3.62. The molecule has 0 atom stereocenters. The number of pyridine rings is 1. The first kappa shape index (κ1) is 19.5. The lowest BCUT2D eigenvalue weighted by Gasteiger charge is -2.13. The van der Waals surface area contributed by atoms with Crippen LogP contribution < -0.4 is 5.56 Å². The van der Waals surface area contributed by atoms with Gasteiger partial charge in [0.15, 0.2) is 0 Å².